The second-order valence-corrected chi connectivity index (χ2v) is 5.56. The third-order valence-electron chi connectivity index (χ3n) is 3.14. The van der Waals surface area contributed by atoms with Crippen LogP contribution in [0, 0.1) is 11.3 Å². The number of hydrogen-bond acceptors (Lipinski definition) is 4. The van der Waals surface area contributed by atoms with Gasteiger partial charge in [0.2, 0.25) is 0 Å². The van der Waals surface area contributed by atoms with Gasteiger partial charge in [0.05, 0.1) is 16.6 Å². The van der Waals surface area contributed by atoms with Crippen molar-refractivity contribution in [1.82, 2.24) is 10.3 Å². The van der Waals surface area contributed by atoms with E-state index in [0.717, 1.165) is 6.54 Å². The lowest BCUT2D eigenvalue weighted by Gasteiger charge is -2.17. The summed E-state index contributed by atoms with van der Waals surface area (Å²) < 4.78 is 0. The van der Waals surface area contributed by atoms with E-state index in [1.807, 2.05) is 35.8 Å². The van der Waals surface area contributed by atoms with Gasteiger partial charge in [-0.2, -0.15) is 5.26 Å². The first kappa shape index (κ1) is 13.7. The van der Waals surface area contributed by atoms with Gasteiger partial charge in [-0.05, 0) is 24.6 Å². The molecule has 0 fully saturated rings. The van der Waals surface area contributed by atoms with E-state index in [1.165, 1.54) is 10.6 Å². The molecule has 2 unspecified atom stereocenters. The van der Waals surface area contributed by atoms with Crippen LogP contribution in [0.25, 0.3) is 0 Å². The quantitative estimate of drug-likeness (QED) is 0.906. The molecule has 98 valence electrons. The van der Waals surface area contributed by atoms with E-state index in [4.69, 9.17) is 5.26 Å². The van der Waals surface area contributed by atoms with Gasteiger partial charge in [-0.1, -0.05) is 19.1 Å². The fourth-order valence-electron chi connectivity index (χ4n) is 1.88. The summed E-state index contributed by atoms with van der Waals surface area (Å²) in [6.07, 6.45) is 1.85. The lowest BCUT2D eigenvalue weighted by molar-refractivity contribution is 0.536. The number of hydrogen-bond donors (Lipinski definition) is 1. The summed E-state index contributed by atoms with van der Waals surface area (Å²) in [5.41, 5.74) is 1.90. The van der Waals surface area contributed by atoms with Crippen LogP contribution in [0.4, 0.5) is 0 Å². The molecule has 0 amide bonds. The van der Waals surface area contributed by atoms with E-state index < -0.39 is 0 Å². The zero-order valence-corrected chi connectivity index (χ0v) is 11.9. The molecule has 2 aromatic rings. The van der Waals surface area contributed by atoms with Crippen LogP contribution in [-0.4, -0.2) is 11.5 Å². The van der Waals surface area contributed by atoms with Crippen molar-refractivity contribution in [2.75, 3.05) is 6.54 Å². The minimum Gasteiger partial charge on any atom is -0.310 e. The van der Waals surface area contributed by atoms with Gasteiger partial charge < -0.3 is 5.32 Å². The van der Waals surface area contributed by atoms with Crippen LogP contribution in [0.3, 0.4) is 0 Å². The molecule has 0 aliphatic carbocycles. The molecule has 0 saturated heterocycles. The Morgan fingerprint density at radius 2 is 2.05 bits per heavy atom. The predicted molar refractivity (Wildman–Crippen MR) is 78.1 cm³/mol. The largest absolute Gasteiger partial charge is 0.310 e. The normalized spacial score (nSPS) is 13.7. The first-order valence-corrected chi connectivity index (χ1v) is 7.21. The van der Waals surface area contributed by atoms with Crippen LogP contribution in [-0.2, 0) is 0 Å². The number of nitrogens with one attached hydrogen (secondary N) is 1. The molecule has 2 rings (SSSR count). The highest BCUT2D eigenvalue weighted by atomic mass is 32.1. The van der Waals surface area contributed by atoms with Gasteiger partial charge in [0.15, 0.2) is 0 Å². The number of nitriles is 1. The highest BCUT2D eigenvalue weighted by molar-refractivity contribution is 7.09. The average molecular weight is 271 g/mol. The Hall–Kier alpha value is -1.70. The van der Waals surface area contributed by atoms with Gasteiger partial charge in [0.1, 0.15) is 0 Å². The zero-order chi connectivity index (χ0) is 13.7. The fraction of sp³-hybridized carbons (Fsp3) is 0.333. The summed E-state index contributed by atoms with van der Waals surface area (Å²) >= 11 is 1.70. The molecule has 1 heterocycles. The van der Waals surface area contributed by atoms with Crippen LogP contribution >= 0.6 is 11.3 Å². The van der Waals surface area contributed by atoms with Crippen molar-refractivity contribution < 1.29 is 0 Å². The monoisotopic (exact) mass is 271 g/mol. The maximum atomic E-state index is 8.78. The topological polar surface area (TPSA) is 48.7 Å². The van der Waals surface area contributed by atoms with E-state index in [1.54, 1.807) is 11.3 Å². The van der Waals surface area contributed by atoms with E-state index in [-0.39, 0.29) is 6.04 Å². The summed E-state index contributed by atoms with van der Waals surface area (Å²) in [4.78, 5) is 4.33. The van der Waals surface area contributed by atoms with Crippen LogP contribution in [0.5, 0.6) is 0 Å². The third kappa shape index (κ3) is 3.63. The SMILES string of the molecule is CC(CNC(C)c1ccc(C#N)cc1)c1nccs1. The summed E-state index contributed by atoms with van der Waals surface area (Å²) in [5.74, 6) is 0.417. The molecule has 0 bridgehead atoms. The molecule has 1 aromatic heterocycles. The first-order chi connectivity index (χ1) is 9.20. The van der Waals surface area contributed by atoms with Crippen LogP contribution in [0.1, 0.15) is 41.9 Å². The Bertz CT molecular complexity index is 540. The molecular weight excluding hydrogens is 254 g/mol. The molecule has 0 spiro atoms. The highest BCUT2D eigenvalue weighted by Gasteiger charge is 2.10. The molecule has 4 heteroatoms. The molecule has 19 heavy (non-hydrogen) atoms. The van der Waals surface area contributed by atoms with Crippen molar-refractivity contribution in [3.8, 4) is 6.07 Å². The molecule has 0 radical (unpaired) electrons. The van der Waals surface area contributed by atoms with Crippen LogP contribution in [0.2, 0.25) is 0 Å². The molecule has 1 aromatic carbocycles. The Balaban J connectivity index is 1.90. The van der Waals surface area contributed by atoms with Gasteiger partial charge in [-0.15, -0.1) is 11.3 Å². The summed E-state index contributed by atoms with van der Waals surface area (Å²) in [7, 11) is 0. The molecule has 1 N–H and O–H groups in total. The Labute approximate surface area is 117 Å². The van der Waals surface area contributed by atoms with Crippen molar-refractivity contribution >= 4 is 11.3 Å². The third-order valence-corrected chi connectivity index (χ3v) is 4.15. The summed E-state index contributed by atoms with van der Waals surface area (Å²) in [6, 6.07) is 10.1. The maximum Gasteiger partial charge on any atom is 0.0991 e. The second kappa shape index (κ2) is 6.46. The number of aromatic nitrogens is 1. The number of benzene rings is 1. The molecule has 0 aliphatic rings. The molecule has 0 aliphatic heterocycles. The minimum absolute atomic E-state index is 0.273. The number of rotatable bonds is 5. The van der Waals surface area contributed by atoms with Crippen molar-refractivity contribution in [2.45, 2.75) is 25.8 Å². The van der Waals surface area contributed by atoms with Gasteiger partial charge in [-0.25, -0.2) is 4.98 Å². The number of nitrogens with zero attached hydrogens (tertiary/aromatic N) is 2. The lowest BCUT2D eigenvalue weighted by atomic mass is 10.1. The minimum atomic E-state index is 0.273. The Morgan fingerprint density at radius 3 is 2.63 bits per heavy atom. The van der Waals surface area contributed by atoms with Gasteiger partial charge >= 0.3 is 0 Å². The van der Waals surface area contributed by atoms with E-state index in [9.17, 15) is 0 Å². The van der Waals surface area contributed by atoms with Crippen molar-refractivity contribution in [3.05, 3.63) is 52.0 Å². The molecule has 3 nitrogen and oxygen atoms in total. The molecule has 0 saturated carbocycles. The standard InChI is InChI=1S/C15H17N3S/c1-11(15-17-7-8-19-15)10-18-12(2)14-5-3-13(9-16)4-6-14/h3-8,11-12,18H,10H2,1-2H3. The predicted octanol–water partition coefficient (Wildman–Crippen LogP) is 3.47. The molecular formula is C15H17N3S. The second-order valence-electron chi connectivity index (χ2n) is 4.64. The summed E-state index contributed by atoms with van der Waals surface area (Å²) in [6.45, 7) is 5.21. The lowest BCUT2D eigenvalue weighted by Crippen LogP contribution is -2.23. The van der Waals surface area contributed by atoms with Gasteiger partial charge in [0, 0.05) is 30.1 Å². The van der Waals surface area contributed by atoms with Crippen LogP contribution in [0.15, 0.2) is 35.8 Å². The molecule has 2 atom stereocenters. The summed E-state index contributed by atoms with van der Waals surface area (Å²) in [5, 5.41) is 15.5. The van der Waals surface area contributed by atoms with Crippen molar-refractivity contribution in [1.29, 1.82) is 5.26 Å². The average Bonchev–Trinajstić information content (AvgIpc) is 2.98. The number of thiazole rings is 1. The van der Waals surface area contributed by atoms with Gasteiger partial charge in [0.25, 0.3) is 0 Å². The zero-order valence-electron chi connectivity index (χ0n) is 11.1. The van der Waals surface area contributed by atoms with Crippen molar-refractivity contribution in [3.63, 3.8) is 0 Å². The smallest absolute Gasteiger partial charge is 0.0991 e. The Morgan fingerprint density at radius 1 is 1.32 bits per heavy atom. The van der Waals surface area contributed by atoms with Gasteiger partial charge in [-0.3, -0.25) is 0 Å². The maximum absolute atomic E-state index is 8.78. The van der Waals surface area contributed by atoms with E-state index in [2.05, 4.69) is 30.2 Å². The highest BCUT2D eigenvalue weighted by Crippen LogP contribution is 2.19. The van der Waals surface area contributed by atoms with Crippen molar-refractivity contribution in [2.24, 2.45) is 0 Å². The van der Waals surface area contributed by atoms with Crippen LogP contribution < -0.4 is 5.32 Å². The Kier molecular flexibility index (Phi) is 4.67. The van der Waals surface area contributed by atoms with E-state index in [0.29, 0.717) is 11.5 Å². The van der Waals surface area contributed by atoms with E-state index >= 15 is 0 Å². The first-order valence-electron chi connectivity index (χ1n) is 6.33. The fourth-order valence-corrected chi connectivity index (χ4v) is 2.58.